The van der Waals surface area contributed by atoms with Crippen LogP contribution in [0.15, 0.2) is 0 Å². The lowest BCUT2D eigenvalue weighted by Gasteiger charge is -2.36. The van der Waals surface area contributed by atoms with Gasteiger partial charge in [-0.15, -0.1) is 0 Å². The number of hydrogen-bond donors (Lipinski definition) is 2. The molecule has 16 heavy (non-hydrogen) atoms. The Morgan fingerprint density at radius 2 is 2.00 bits per heavy atom. The minimum atomic E-state index is -0.224. The Balaban J connectivity index is 2.37. The number of nitrogens with zero attached hydrogens (tertiary/aromatic N) is 1. The summed E-state index contributed by atoms with van der Waals surface area (Å²) in [6, 6.07) is 0. The zero-order valence-electron chi connectivity index (χ0n) is 10.8. The molecule has 0 saturated heterocycles. The first kappa shape index (κ1) is 13.5. The highest BCUT2D eigenvalue weighted by atomic mass is 16.1. The van der Waals surface area contributed by atoms with Crippen LogP contribution in [-0.2, 0) is 4.79 Å². The van der Waals surface area contributed by atoms with Gasteiger partial charge in [0.2, 0.25) is 5.91 Å². The molecule has 0 bridgehead atoms. The van der Waals surface area contributed by atoms with Crippen molar-refractivity contribution in [1.29, 1.82) is 0 Å². The van der Waals surface area contributed by atoms with E-state index in [1.54, 1.807) is 0 Å². The molecule has 1 unspecified atom stereocenters. The molecule has 1 aliphatic carbocycles. The highest BCUT2D eigenvalue weighted by molar-refractivity contribution is 5.76. The van der Waals surface area contributed by atoms with Crippen LogP contribution in [0.25, 0.3) is 0 Å². The molecule has 0 heterocycles. The molecule has 1 amide bonds. The first-order valence-corrected chi connectivity index (χ1v) is 6.15. The second-order valence-corrected chi connectivity index (χ2v) is 5.26. The Kier molecular flexibility index (Phi) is 4.74. The van der Waals surface area contributed by atoms with Crippen LogP contribution in [0.5, 0.6) is 0 Å². The Bertz CT molecular complexity index is 234. The maximum absolute atomic E-state index is 10.9. The second-order valence-electron chi connectivity index (χ2n) is 5.26. The molecule has 4 nitrogen and oxygen atoms in total. The molecule has 1 saturated carbocycles. The Morgan fingerprint density at radius 3 is 2.44 bits per heavy atom. The van der Waals surface area contributed by atoms with Gasteiger partial charge in [-0.3, -0.25) is 4.79 Å². The van der Waals surface area contributed by atoms with Gasteiger partial charge in [0.05, 0.1) is 0 Å². The lowest BCUT2D eigenvalue weighted by Crippen LogP contribution is -2.50. The number of hydrogen-bond acceptors (Lipinski definition) is 3. The first-order chi connectivity index (χ1) is 7.48. The minimum Gasteiger partial charge on any atom is -0.369 e. The average molecular weight is 227 g/mol. The quantitative estimate of drug-likeness (QED) is 0.697. The number of carbonyl (C=O) groups excluding carboxylic acids is 1. The van der Waals surface area contributed by atoms with Gasteiger partial charge >= 0.3 is 0 Å². The van der Waals surface area contributed by atoms with Gasteiger partial charge < -0.3 is 16.0 Å². The standard InChI is InChI=1S/C12H25N3O/c1-10(11(13)16)8-14-9-12(15(2)3)6-4-5-7-12/h10,14H,4-9H2,1-3H3,(H2,13,16). The van der Waals surface area contributed by atoms with Gasteiger partial charge in [-0.1, -0.05) is 19.8 Å². The van der Waals surface area contributed by atoms with Crippen molar-refractivity contribution in [2.24, 2.45) is 11.7 Å². The summed E-state index contributed by atoms with van der Waals surface area (Å²) in [5.41, 5.74) is 5.52. The SMILES string of the molecule is CC(CNCC1(N(C)C)CCCC1)C(N)=O. The van der Waals surface area contributed by atoms with Crippen molar-refractivity contribution in [3.8, 4) is 0 Å². The van der Waals surface area contributed by atoms with Crippen molar-refractivity contribution >= 4 is 5.91 Å². The van der Waals surface area contributed by atoms with E-state index in [4.69, 9.17) is 5.73 Å². The van der Waals surface area contributed by atoms with Gasteiger partial charge in [0.1, 0.15) is 0 Å². The summed E-state index contributed by atoms with van der Waals surface area (Å²) in [7, 11) is 4.29. The molecule has 0 spiro atoms. The van der Waals surface area contributed by atoms with Crippen molar-refractivity contribution in [3.05, 3.63) is 0 Å². The minimum absolute atomic E-state index is 0.0828. The lowest BCUT2D eigenvalue weighted by molar-refractivity contribution is -0.121. The predicted octanol–water partition coefficient (Wildman–Crippen LogP) is 0.572. The lowest BCUT2D eigenvalue weighted by atomic mass is 9.96. The molecule has 3 N–H and O–H groups in total. The summed E-state index contributed by atoms with van der Waals surface area (Å²) in [5.74, 6) is -0.307. The van der Waals surface area contributed by atoms with Crippen LogP contribution in [0.4, 0.5) is 0 Å². The molecule has 0 aromatic rings. The van der Waals surface area contributed by atoms with Crippen molar-refractivity contribution < 1.29 is 4.79 Å². The molecule has 0 aromatic carbocycles. The van der Waals surface area contributed by atoms with E-state index in [-0.39, 0.29) is 17.4 Å². The Labute approximate surface area is 98.6 Å². The fourth-order valence-electron chi connectivity index (χ4n) is 2.44. The van der Waals surface area contributed by atoms with Gasteiger partial charge in [-0.05, 0) is 26.9 Å². The number of amides is 1. The van der Waals surface area contributed by atoms with Crippen LogP contribution in [0.2, 0.25) is 0 Å². The number of primary amides is 1. The molecular formula is C12H25N3O. The van der Waals surface area contributed by atoms with Gasteiger partial charge in [-0.2, -0.15) is 0 Å². The second kappa shape index (κ2) is 5.64. The van der Waals surface area contributed by atoms with Crippen LogP contribution in [-0.4, -0.2) is 43.5 Å². The molecule has 94 valence electrons. The average Bonchev–Trinajstić information content (AvgIpc) is 2.67. The van der Waals surface area contributed by atoms with Crippen LogP contribution in [0, 0.1) is 5.92 Å². The van der Waals surface area contributed by atoms with Gasteiger partial charge in [-0.25, -0.2) is 0 Å². The summed E-state index contributed by atoms with van der Waals surface area (Å²) < 4.78 is 0. The molecule has 0 aromatic heterocycles. The third-order valence-electron chi connectivity index (χ3n) is 3.87. The highest BCUT2D eigenvalue weighted by Gasteiger charge is 2.35. The van der Waals surface area contributed by atoms with E-state index in [1.165, 1.54) is 25.7 Å². The van der Waals surface area contributed by atoms with Gasteiger partial charge in [0, 0.05) is 24.5 Å². The van der Waals surface area contributed by atoms with Crippen molar-refractivity contribution in [2.75, 3.05) is 27.2 Å². The summed E-state index contributed by atoms with van der Waals surface area (Å²) in [6.45, 7) is 3.51. The molecule has 1 fully saturated rings. The molecule has 1 aliphatic rings. The summed E-state index contributed by atoms with van der Waals surface area (Å²) in [6.07, 6.45) is 5.12. The zero-order valence-corrected chi connectivity index (χ0v) is 10.8. The van der Waals surface area contributed by atoms with Crippen LogP contribution >= 0.6 is 0 Å². The summed E-state index contributed by atoms with van der Waals surface area (Å²) in [5, 5.41) is 3.39. The van der Waals surface area contributed by atoms with Crippen molar-refractivity contribution in [2.45, 2.75) is 38.1 Å². The monoisotopic (exact) mass is 227 g/mol. The van der Waals surface area contributed by atoms with E-state index in [9.17, 15) is 4.79 Å². The molecular weight excluding hydrogens is 202 g/mol. The number of rotatable bonds is 6. The molecule has 0 radical (unpaired) electrons. The molecule has 1 atom stereocenters. The van der Waals surface area contributed by atoms with Crippen LogP contribution < -0.4 is 11.1 Å². The fraction of sp³-hybridized carbons (Fsp3) is 0.917. The van der Waals surface area contributed by atoms with E-state index in [1.807, 2.05) is 6.92 Å². The summed E-state index contributed by atoms with van der Waals surface area (Å²) >= 11 is 0. The molecule has 1 rings (SSSR count). The zero-order chi connectivity index (χ0) is 12.2. The van der Waals surface area contributed by atoms with E-state index < -0.39 is 0 Å². The normalized spacial score (nSPS) is 21.2. The molecule has 0 aliphatic heterocycles. The van der Waals surface area contributed by atoms with Crippen molar-refractivity contribution in [3.63, 3.8) is 0 Å². The summed E-state index contributed by atoms with van der Waals surface area (Å²) in [4.78, 5) is 13.2. The fourth-order valence-corrected chi connectivity index (χ4v) is 2.44. The number of likely N-dealkylation sites (N-methyl/N-ethyl adjacent to an activating group) is 1. The predicted molar refractivity (Wildman–Crippen MR) is 66.1 cm³/mol. The largest absolute Gasteiger partial charge is 0.369 e. The number of nitrogens with one attached hydrogen (secondary N) is 1. The maximum Gasteiger partial charge on any atom is 0.221 e. The van der Waals surface area contributed by atoms with E-state index >= 15 is 0 Å². The first-order valence-electron chi connectivity index (χ1n) is 6.15. The topological polar surface area (TPSA) is 58.4 Å². The van der Waals surface area contributed by atoms with Gasteiger partial charge in [0.15, 0.2) is 0 Å². The molecule has 4 heteroatoms. The third kappa shape index (κ3) is 3.19. The van der Waals surface area contributed by atoms with E-state index in [0.717, 1.165) is 6.54 Å². The van der Waals surface area contributed by atoms with Crippen LogP contribution in [0.1, 0.15) is 32.6 Å². The Hall–Kier alpha value is -0.610. The third-order valence-corrected chi connectivity index (χ3v) is 3.87. The number of nitrogens with two attached hydrogens (primary N) is 1. The highest BCUT2D eigenvalue weighted by Crippen LogP contribution is 2.32. The van der Waals surface area contributed by atoms with Crippen molar-refractivity contribution in [1.82, 2.24) is 10.2 Å². The van der Waals surface area contributed by atoms with E-state index in [0.29, 0.717) is 6.54 Å². The van der Waals surface area contributed by atoms with E-state index in [2.05, 4.69) is 24.3 Å². The Morgan fingerprint density at radius 1 is 1.44 bits per heavy atom. The number of carbonyl (C=O) groups is 1. The van der Waals surface area contributed by atoms with Gasteiger partial charge in [0.25, 0.3) is 0 Å². The smallest absolute Gasteiger partial charge is 0.221 e. The van der Waals surface area contributed by atoms with Crippen LogP contribution in [0.3, 0.4) is 0 Å². The maximum atomic E-state index is 10.9.